The van der Waals surface area contributed by atoms with Crippen LogP contribution < -0.4 is 5.73 Å². The smallest absolute Gasteiger partial charge is 0.0455 e. The molecule has 0 saturated carbocycles. The van der Waals surface area contributed by atoms with Gasteiger partial charge in [0.2, 0.25) is 0 Å². The first-order valence-electron chi connectivity index (χ1n) is 4.48. The van der Waals surface area contributed by atoms with E-state index in [9.17, 15) is 0 Å². The van der Waals surface area contributed by atoms with E-state index >= 15 is 0 Å². The molecule has 0 rings (SSSR count). The van der Waals surface area contributed by atoms with Crippen molar-refractivity contribution < 1.29 is 0 Å². The van der Waals surface area contributed by atoms with Gasteiger partial charge in [0, 0.05) is 19.8 Å². The van der Waals surface area contributed by atoms with Crippen molar-refractivity contribution in [2.75, 3.05) is 19.8 Å². The van der Waals surface area contributed by atoms with Crippen LogP contribution in [0.1, 0.15) is 27.7 Å². The number of hydrogen-bond acceptors (Lipinski definition) is 2. The second-order valence-corrected chi connectivity index (χ2v) is 4.01. The van der Waals surface area contributed by atoms with Crippen molar-refractivity contribution in [3.63, 3.8) is 0 Å². The van der Waals surface area contributed by atoms with Gasteiger partial charge in [-0.2, -0.15) is 0 Å². The summed E-state index contributed by atoms with van der Waals surface area (Å²) in [7, 11) is 0. The van der Waals surface area contributed by atoms with Gasteiger partial charge in [-0.1, -0.05) is 27.7 Å². The maximum Gasteiger partial charge on any atom is 0.0455 e. The van der Waals surface area contributed by atoms with Gasteiger partial charge in [0.15, 0.2) is 0 Å². The van der Waals surface area contributed by atoms with Gasteiger partial charge in [0.1, 0.15) is 0 Å². The fraction of sp³-hybridized carbons (Fsp3) is 1.00. The van der Waals surface area contributed by atoms with Crippen LogP contribution in [0, 0.1) is 11.8 Å². The van der Waals surface area contributed by atoms with Gasteiger partial charge >= 0.3 is 0 Å². The van der Waals surface area contributed by atoms with Crippen LogP contribution in [0.3, 0.4) is 0 Å². The quantitative estimate of drug-likeness (QED) is 0.615. The Morgan fingerprint density at radius 2 is 1.36 bits per heavy atom. The molecule has 2 N–H and O–H groups in total. The van der Waals surface area contributed by atoms with E-state index in [4.69, 9.17) is 5.73 Å². The molecule has 0 radical (unpaired) electrons. The van der Waals surface area contributed by atoms with E-state index in [-0.39, 0.29) is 0 Å². The molecule has 2 heteroatoms. The van der Waals surface area contributed by atoms with Crippen LogP contribution >= 0.6 is 0 Å². The molecule has 0 amide bonds. The summed E-state index contributed by atoms with van der Waals surface area (Å²) in [5.74, 6) is 1.44. The van der Waals surface area contributed by atoms with Gasteiger partial charge in [-0.25, -0.2) is 0 Å². The highest BCUT2D eigenvalue weighted by atomic mass is 15.2. The molecule has 0 aromatic rings. The minimum absolute atomic E-state index is 0.691. The largest absolute Gasteiger partial charge is 0.318 e. The van der Waals surface area contributed by atoms with Crippen LogP contribution in [0.2, 0.25) is 0 Å². The Hall–Kier alpha value is -0.0800. The lowest BCUT2D eigenvalue weighted by Gasteiger charge is -2.23. The zero-order valence-corrected chi connectivity index (χ0v) is 8.30. The molecule has 0 bridgehead atoms. The zero-order valence-electron chi connectivity index (χ0n) is 8.30. The molecule has 0 aromatic carbocycles. The monoisotopic (exact) mass is 158 g/mol. The highest BCUT2D eigenvalue weighted by Gasteiger charge is 2.06. The minimum atomic E-state index is 0.691. The van der Waals surface area contributed by atoms with Crippen LogP contribution in [0.15, 0.2) is 0 Å². The van der Waals surface area contributed by atoms with Crippen LogP contribution in [-0.2, 0) is 0 Å². The standard InChI is InChI=1S/C9H22N2/c1-8(2)5-11(7-10)6-9(3)4/h8-9H,5-7,10H2,1-4H3. The van der Waals surface area contributed by atoms with E-state index in [1.165, 1.54) is 0 Å². The third-order valence-corrected chi connectivity index (χ3v) is 1.50. The third kappa shape index (κ3) is 6.32. The molecule has 0 spiro atoms. The van der Waals surface area contributed by atoms with Crippen molar-refractivity contribution in [1.82, 2.24) is 4.90 Å². The molecule has 0 unspecified atom stereocenters. The number of hydrogen-bond donors (Lipinski definition) is 1. The maximum absolute atomic E-state index is 5.60. The van der Waals surface area contributed by atoms with Crippen LogP contribution in [0.5, 0.6) is 0 Å². The predicted octanol–water partition coefficient (Wildman–Crippen LogP) is 1.52. The molecule has 0 heterocycles. The minimum Gasteiger partial charge on any atom is -0.318 e. The molecule has 0 aliphatic rings. The van der Waals surface area contributed by atoms with Crippen molar-refractivity contribution in [3.05, 3.63) is 0 Å². The SMILES string of the molecule is CC(C)CN(CN)CC(C)C. The van der Waals surface area contributed by atoms with E-state index < -0.39 is 0 Å². The molecule has 0 aliphatic carbocycles. The van der Waals surface area contributed by atoms with Crippen molar-refractivity contribution in [2.24, 2.45) is 17.6 Å². The number of nitrogens with two attached hydrogens (primary N) is 1. The summed E-state index contributed by atoms with van der Waals surface area (Å²) >= 11 is 0. The molecule has 2 nitrogen and oxygen atoms in total. The Kier molecular flexibility index (Phi) is 5.51. The lowest BCUT2D eigenvalue weighted by atomic mass is 10.1. The molecule has 0 fully saturated rings. The van der Waals surface area contributed by atoms with E-state index in [1.807, 2.05) is 0 Å². The van der Waals surface area contributed by atoms with Gasteiger partial charge < -0.3 is 5.73 Å². The lowest BCUT2D eigenvalue weighted by molar-refractivity contribution is 0.225. The van der Waals surface area contributed by atoms with Gasteiger partial charge in [-0.15, -0.1) is 0 Å². The van der Waals surface area contributed by atoms with Crippen LogP contribution in [0.25, 0.3) is 0 Å². The summed E-state index contributed by atoms with van der Waals surface area (Å²) in [6.07, 6.45) is 0. The highest BCUT2D eigenvalue weighted by Crippen LogP contribution is 2.01. The van der Waals surface area contributed by atoms with Gasteiger partial charge in [0.25, 0.3) is 0 Å². The molecule has 11 heavy (non-hydrogen) atoms. The predicted molar refractivity (Wildman–Crippen MR) is 50.3 cm³/mol. The van der Waals surface area contributed by atoms with Gasteiger partial charge in [-0.3, -0.25) is 4.90 Å². The first kappa shape index (κ1) is 10.9. The maximum atomic E-state index is 5.60. The Morgan fingerprint density at radius 1 is 1.00 bits per heavy atom. The molecular formula is C9H22N2. The number of rotatable bonds is 5. The Labute approximate surface area is 70.8 Å². The third-order valence-electron chi connectivity index (χ3n) is 1.50. The second kappa shape index (κ2) is 5.56. The van der Waals surface area contributed by atoms with Crippen molar-refractivity contribution in [1.29, 1.82) is 0 Å². The first-order valence-corrected chi connectivity index (χ1v) is 4.48. The average molecular weight is 158 g/mol. The van der Waals surface area contributed by atoms with Crippen molar-refractivity contribution >= 4 is 0 Å². The Bertz CT molecular complexity index is 79.6. The summed E-state index contributed by atoms with van der Waals surface area (Å²) in [5.41, 5.74) is 5.60. The Morgan fingerprint density at radius 3 is 1.55 bits per heavy atom. The van der Waals surface area contributed by atoms with E-state index in [1.54, 1.807) is 0 Å². The molecule has 0 atom stereocenters. The highest BCUT2D eigenvalue weighted by molar-refractivity contribution is 4.59. The second-order valence-electron chi connectivity index (χ2n) is 4.01. The van der Waals surface area contributed by atoms with Gasteiger partial charge in [-0.05, 0) is 11.8 Å². The fourth-order valence-electron chi connectivity index (χ4n) is 1.26. The van der Waals surface area contributed by atoms with Crippen LogP contribution in [0.4, 0.5) is 0 Å². The van der Waals surface area contributed by atoms with E-state index in [0.717, 1.165) is 24.9 Å². The van der Waals surface area contributed by atoms with Crippen molar-refractivity contribution in [2.45, 2.75) is 27.7 Å². The molecule has 0 aromatic heterocycles. The average Bonchev–Trinajstić information content (AvgIpc) is 1.84. The van der Waals surface area contributed by atoms with E-state index in [0.29, 0.717) is 6.67 Å². The zero-order chi connectivity index (χ0) is 8.85. The first-order chi connectivity index (χ1) is 5.06. The normalized spacial score (nSPS) is 12.0. The molecule has 0 aliphatic heterocycles. The summed E-state index contributed by atoms with van der Waals surface area (Å²) in [6, 6.07) is 0. The summed E-state index contributed by atoms with van der Waals surface area (Å²) in [5, 5.41) is 0. The summed E-state index contributed by atoms with van der Waals surface area (Å²) in [6.45, 7) is 11.8. The van der Waals surface area contributed by atoms with Crippen LogP contribution in [-0.4, -0.2) is 24.7 Å². The number of nitrogens with zero attached hydrogens (tertiary/aromatic N) is 1. The molecule has 68 valence electrons. The fourth-order valence-corrected chi connectivity index (χ4v) is 1.26. The summed E-state index contributed by atoms with van der Waals surface area (Å²) in [4.78, 5) is 2.30. The van der Waals surface area contributed by atoms with Gasteiger partial charge in [0.05, 0.1) is 0 Å². The summed E-state index contributed by atoms with van der Waals surface area (Å²) < 4.78 is 0. The lowest BCUT2D eigenvalue weighted by Crippen LogP contribution is -2.35. The van der Waals surface area contributed by atoms with E-state index in [2.05, 4.69) is 32.6 Å². The van der Waals surface area contributed by atoms with Crippen molar-refractivity contribution in [3.8, 4) is 0 Å². The Balaban J connectivity index is 3.58. The topological polar surface area (TPSA) is 29.3 Å². The molecule has 0 saturated heterocycles. The molecular weight excluding hydrogens is 136 g/mol.